The van der Waals surface area contributed by atoms with Gasteiger partial charge < -0.3 is 52.3 Å². The van der Waals surface area contributed by atoms with Gasteiger partial charge in [-0.1, -0.05) is 90.1 Å². The minimum atomic E-state index is -1.09. The van der Waals surface area contributed by atoms with Crippen molar-refractivity contribution in [1.82, 2.24) is 52.3 Å². The molecule has 426 valence electrons. The Bertz CT molecular complexity index is 2650. The molecule has 10 atom stereocenters. The third kappa shape index (κ3) is 14.0. The zero-order chi connectivity index (χ0) is 57.7. The van der Waals surface area contributed by atoms with Crippen LogP contribution in [0.4, 0.5) is 5.69 Å². The van der Waals surface area contributed by atoms with Crippen molar-refractivity contribution in [2.45, 2.75) is 167 Å². The van der Waals surface area contributed by atoms with Crippen LogP contribution in [-0.2, 0) is 41.6 Å². The van der Waals surface area contributed by atoms with Gasteiger partial charge in [-0.3, -0.25) is 48.5 Å². The Morgan fingerprint density at radius 2 is 0.962 bits per heavy atom. The maximum atomic E-state index is 14.7. The van der Waals surface area contributed by atoms with E-state index in [1.54, 1.807) is 69.5 Å². The van der Waals surface area contributed by atoms with E-state index in [0.717, 1.165) is 60.1 Å². The van der Waals surface area contributed by atoms with Crippen LogP contribution in [0.5, 0.6) is 0 Å². The molecule has 2 aliphatic heterocycles. The fraction of sp³-hybridized carbons (Fsp3) is 0.552. The van der Waals surface area contributed by atoms with E-state index in [9.17, 15) is 48.5 Å². The van der Waals surface area contributed by atoms with Crippen molar-refractivity contribution in [3.05, 3.63) is 110 Å². The van der Waals surface area contributed by atoms with Crippen molar-refractivity contribution in [2.24, 2.45) is 10.8 Å². The molecule has 0 bridgehead atoms. The predicted octanol–water partition coefficient (Wildman–Crippen LogP) is 3.66. The number of amides is 8. The lowest BCUT2D eigenvalue weighted by Gasteiger charge is -2.36. The monoisotopic (exact) mass is 1090 g/mol. The summed E-state index contributed by atoms with van der Waals surface area (Å²) in [7, 11) is 3.24. The van der Waals surface area contributed by atoms with Crippen LogP contribution in [-0.4, -0.2) is 138 Å². The molecular formula is C58H79N11O10. The first-order valence-corrected chi connectivity index (χ1v) is 27.5. The SMILES string of the molecule is CN[C@@H](C)C(=O)N[C@H](C(=O)N1C[C@@H](NC(=O)c2cc(C(=O)N[C@H]3C[C@@H](C(=O)NC4CCCc5ccccc54)N(C(=O)[C@@H](NC(=O)[C@H](C)NC)C(C)(C)C)C3)cc([N+](=O)[O-])c2)CC1C(=O)N[C@@H]1CCCc2ccccc21)C(C)(C)C. The van der Waals surface area contributed by atoms with E-state index in [2.05, 4.69) is 42.5 Å². The van der Waals surface area contributed by atoms with E-state index in [1.807, 2.05) is 48.5 Å². The summed E-state index contributed by atoms with van der Waals surface area (Å²) in [5.74, 6) is -4.45. The molecule has 2 aliphatic carbocycles. The average molecular weight is 1090 g/mol. The first-order valence-electron chi connectivity index (χ1n) is 27.5. The second-order valence-electron chi connectivity index (χ2n) is 23.8. The van der Waals surface area contributed by atoms with Crippen molar-refractivity contribution < 1.29 is 43.3 Å². The van der Waals surface area contributed by atoms with E-state index in [0.29, 0.717) is 12.8 Å². The number of likely N-dealkylation sites (N-methyl/N-ethyl adjacent to an activating group) is 2. The third-order valence-electron chi connectivity index (χ3n) is 15.9. The van der Waals surface area contributed by atoms with Gasteiger partial charge in [0.1, 0.15) is 24.2 Å². The molecule has 21 nitrogen and oxygen atoms in total. The first-order chi connectivity index (χ1) is 37.3. The summed E-state index contributed by atoms with van der Waals surface area (Å²) in [4.78, 5) is 128. The van der Waals surface area contributed by atoms with E-state index >= 15 is 0 Å². The number of carbonyl (C=O) groups excluding carboxylic acids is 8. The van der Waals surface area contributed by atoms with Gasteiger partial charge in [-0.2, -0.15) is 0 Å². The summed E-state index contributed by atoms with van der Waals surface area (Å²) in [5, 5.41) is 36.0. The molecular weight excluding hydrogens is 1010 g/mol. The molecule has 4 aliphatic rings. The minimum Gasteiger partial charge on any atom is -0.347 e. The Morgan fingerprint density at radius 1 is 0.582 bits per heavy atom. The summed E-state index contributed by atoms with van der Waals surface area (Å²) < 4.78 is 0. The largest absolute Gasteiger partial charge is 0.347 e. The first kappa shape index (κ1) is 59.4. The zero-order valence-electron chi connectivity index (χ0n) is 47.1. The Labute approximate surface area is 462 Å². The van der Waals surface area contributed by atoms with Gasteiger partial charge in [0.2, 0.25) is 35.4 Å². The van der Waals surface area contributed by atoms with Gasteiger partial charge in [0.15, 0.2) is 0 Å². The molecule has 0 aromatic heterocycles. The standard InChI is InChI=1S/C58H79N11O10/c1-32(59-9)49(70)65-47(57(3,4)5)55(76)67-30-38(28-45(67)53(74)63-43-23-15-19-34-17-11-13-21-41(34)43)61-51(72)36-25-37(27-40(26-36)69(78)79)52(73)62-39-29-46(54(75)64-44-24-16-20-35-18-12-14-22-42(35)44)68(31-39)56(77)48(58(6,7)8)66-50(71)33(2)60-10/h11-14,17-18,21-22,25-27,32-33,38-39,43-48,59-60H,15-16,19-20,23-24,28-31H2,1-10H3,(H,61,72)(H,62,73)(H,63,74)(H,64,75)(H,65,70)(H,66,71)/t32-,33-,38-,39-,43+,44?,45?,46-,47+,48+/m0/s1. The molecule has 3 aromatic carbocycles. The number of fused-ring (bicyclic) bond motifs is 2. The normalized spacial score (nSPS) is 22.4. The molecule has 7 rings (SSSR count). The number of nitro benzene ring substituents is 1. The number of aryl methyl sites for hydroxylation is 2. The fourth-order valence-electron chi connectivity index (χ4n) is 11.2. The molecule has 8 amide bonds. The molecule has 2 fully saturated rings. The van der Waals surface area contributed by atoms with Gasteiger partial charge in [-0.15, -0.1) is 0 Å². The van der Waals surface area contributed by atoms with Crippen molar-refractivity contribution in [2.75, 3.05) is 27.2 Å². The number of nitro groups is 1. The van der Waals surface area contributed by atoms with Crippen molar-refractivity contribution in [3.8, 4) is 0 Å². The maximum absolute atomic E-state index is 14.7. The van der Waals surface area contributed by atoms with Crippen LogP contribution in [0.25, 0.3) is 0 Å². The molecule has 2 unspecified atom stereocenters. The number of hydrogen-bond acceptors (Lipinski definition) is 12. The van der Waals surface area contributed by atoms with E-state index < -0.39 is 117 Å². The Hall–Kier alpha value is -7.26. The molecule has 0 saturated carbocycles. The number of nitrogens with one attached hydrogen (secondary N) is 8. The number of likely N-dealkylation sites (tertiary alicyclic amines) is 2. The zero-order valence-corrected chi connectivity index (χ0v) is 47.1. The van der Waals surface area contributed by atoms with Gasteiger partial charge in [-0.05, 0) is 118 Å². The molecule has 2 saturated heterocycles. The van der Waals surface area contributed by atoms with Gasteiger partial charge >= 0.3 is 0 Å². The van der Waals surface area contributed by atoms with Gasteiger partial charge in [0, 0.05) is 48.4 Å². The molecule has 8 N–H and O–H groups in total. The lowest BCUT2D eigenvalue weighted by atomic mass is 9.85. The highest BCUT2D eigenvalue weighted by Gasteiger charge is 2.48. The average Bonchev–Trinajstić information content (AvgIpc) is 4.17. The Balaban J connectivity index is 1.13. The van der Waals surface area contributed by atoms with E-state index in [-0.39, 0.29) is 49.1 Å². The van der Waals surface area contributed by atoms with Crippen LogP contribution >= 0.6 is 0 Å². The number of rotatable bonds is 17. The number of carbonyl (C=O) groups is 8. The highest BCUT2D eigenvalue weighted by atomic mass is 16.6. The van der Waals surface area contributed by atoms with Crippen molar-refractivity contribution in [3.63, 3.8) is 0 Å². The summed E-state index contributed by atoms with van der Waals surface area (Å²) in [6.07, 6.45) is 4.66. The van der Waals surface area contributed by atoms with Crippen molar-refractivity contribution in [1.29, 1.82) is 0 Å². The van der Waals surface area contributed by atoms with E-state index in [1.165, 1.54) is 15.9 Å². The van der Waals surface area contributed by atoms with Gasteiger partial charge in [0.25, 0.3) is 17.5 Å². The second kappa shape index (κ2) is 24.8. The summed E-state index contributed by atoms with van der Waals surface area (Å²) >= 11 is 0. The molecule has 21 heteroatoms. The number of benzene rings is 3. The predicted molar refractivity (Wildman–Crippen MR) is 296 cm³/mol. The number of nitrogens with zero attached hydrogens (tertiary/aromatic N) is 3. The molecule has 79 heavy (non-hydrogen) atoms. The number of non-ortho nitro benzene ring substituents is 1. The van der Waals surface area contributed by atoms with Crippen LogP contribution in [0.15, 0.2) is 66.7 Å². The van der Waals surface area contributed by atoms with Crippen LogP contribution in [0.1, 0.15) is 149 Å². The highest BCUT2D eigenvalue weighted by molar-refractivity contribution is 6.02. The number of hydrogen-bond donors (Lipinski definition) is 8. The molecule has 0 spiro atoms. The summed E-state index contributed by atoms with van der Waals surface area (Å²) in [6, 6.07) is 11.0. The highest BCUT2D eigenvalue weighted by Crippen LogP contribution is 2.34. The van der Waals surface area contributed by atoms with Crippen LogP contribution in [0.2, 0.25) is 0 Å². The molecule has 2 heterocycles. The Morgan fingerprint density at radius 3 is 1.32 bits per heavy atom. The van der Waals surface area contributed by atoms with Crippen LogP contribution in [0.3, 0.4) is 0 Å². The third-order valence-corrected chi connectivity index (χ3v) is 15.9. The van der Waals surface area contributed by atoms with E-state index in [4.69, 9.17) is 0 Å². The Kier molecular flexibility index (Phi) is 18.7. The molecule has 3 aromatic rings. The fourth-order valence-corrected chi connectivity index (χ4v) is 11.2. The van der Waals surface area contributed by atoms with Crippen LogP contribution < -0.4 is 42.5 Å². The lowest BCUT2D eigenvalue weighted by molar-refractivity contribution is -0.384. The minimum absolute atomic E-state index is 0.0369. The smallest absolute Gasteiger partial charge is 0.271 e. The van der Waals surface area contributed by atoms with Gasteiger partial charge in [-0.25, -0.2) is 0 Å². The summed E-state index contributed by atoms with van der Waals surface area (Å²) in [6.45, 7) is 13.8. The quantitative estimate of drug-likeness (QED) is 0.0711. The second-order valence-corrected chi connectivity index (χ2v) is 23.8. The van der Waals surface area contributed by atoms with Crippen molar-refractivity contribution >= 4 is 52.9 Å². The molecule has 0 radical (unpaired) electrons. The summed E-state index contributed by atoms with van der Waals surface area (Å²) in [5.41, 5.74) is 1.48. The van der Waals surface area contributed by atoms with Crippen LogP contribution in [0, 0.1) is 20.9 Å². The lowest BCUT2D eigenvalue weighted by Crippen LogP contribution is -2.59. The van der Waals surface area contributed by atoms with Gasteiger partial charge in [0.05, 0.1) is 29.1 Å². The topological polar surface area (TPSA) is 282 Å². The maximum Gasteiger partial charge on any atom is 0.271 e.